The molecule has 0 spiro atoms. The Bertz CT molecular complexity index is 890. The molecule has 120 valence electrons. The fourth-order valence-corrected chi connectivity index (χ4v) is 2.85. The number of hydrogen-bond donors (Lipinski definition) is 1. The van der Waals surface area contributed by atoms with Gasteiger partial charge in [-0.05, 0) is 25.1 Å². The third kappa shape index (κ3) is 3.17. The van der Waals surface area contributed by atoms with E-state index in [4.69, 9.17) is 0 Å². The van der Waals surface area contributed by atoms with Crippen LogP contribution in [-0.4, -0.2) is 22.8 Å². The fourth-order valence-electron chi connectivity index (χ4n) is 2.17. The first-order valence-electron chi connectivity index (χ1n) is 6.13. The van der Waals surface area contributed by atoms with Crippen LogP contribution in [0.15, 0.2) is 41.3 Å². The lowest BCUT2D eigenvalue weighted by Gasteiger charge is -2.09. The molecular formula is C13H10N2O7S. The lowest BCUT2D eigenvalue weighted by Crippen LogP contribution is -2.04. The van der Waals surface area contributed by atoms with E-state index in [-0.39, 0.29) is 5.56 Å². The maximum absolute atomic E-state index is 11.5. The minimum absolute atomic E-state index is 0.300. The lowest BCUT2D eigenvalue weighted by atomic mass is 10.00. The van der Waals surface area contributed by atoms with E-state index in [1.807, 2.05) is 0 Å². The molecular weight excluding hydrogens is 328 g/mol. The van der Waals surface area contributed by atoms with Gasteiger partial charge in [0.25, 0.3) is 21.5 Å². The first-order chi connectivity index (χ1) is 10.6. The van der Waals surface area contributed by atoms with E-state index in [9.17, 15) is 33.2 Å². The van der Waals surface area contributed by atoms with Crippen LogP contribution < -0.4 is 0 Å². The van der Waals surface area contributed by atoms with Gasteiger partial charge in [0.05, 0.1) is 9.85 Å². The van der Waals surface area contributed by atoms with Crippen LogP contribution >= 0.6 is 0 Å². The molecule has 23 heavy (non-hydrogen) atoms. The predicted octanol–water partition coefficient (Wildman–Crippen LogP) is 2.73. The molecule has 2 rings (SSSR count). The summed E-state index contributed by atoms with van der Waals surface area (Å²) in [5.41, 5.74) is -1.52. The average molecular weight is 338 g/mol. The minimum Gasteiger partial charge on any atom is -0.282 e. The van der Waals surface area contributed by atoms with Gasteiger partial charge in [0.15, 0.2) is 0 Å². The number of rotatable bonds is 4. The van der Waals surface area contributed by atoms with Crippen molar-refractivity contribution in [1.82, 2.24) is 0 Å². The van der Waals surface area contributed by atoms with Crippen molar-refractivity contribution in [1.29, 1.82) is 0 Å². The predicted molar refractivity (Wildman–Crippen MR) is 79.7 cm³/mol. The first kappa shape index (κ1) is 16.5. The van der Waals surface area contributed by atoms with E-state index in [1.165, 1.54) is 12.1 Å². The first-order valence-corrected chi connectivity index (χ1v) is 7.57. The zero-order valence-electron chi connectivity index (χ0n) is 11.7. The highest BCUT2D eigenvalue weighted by Crippen LogP contribution is 2.41. The maximum atomic E-state index is 11.5. The second kappa shape index (κ2) is 5.74. The van der Waals surface area contributed by atoms with Crippen LogP contribution in [0.1, 0.15) is 5.56 Å². The molecule has 0 aliphatic carbocycles. The largest absolute Gasteiger partial charge is 0.295 e. The topological polar surface area (TPSA) is 141 Å². The standard InChI is InChI=1S/C13H10N2O7S/c1-8-5-6-12(23(20,21)22)9(7-8)13-10(14(16)17)3-2-4-11(13)15(18)19/h2-7H,1H3,(H,20,21,22). The molecule has 0 aliphatic heterocycles. The van der Waals surface area contributed by atoms with Gasteiger partial charge in [-0.25, -0.2) is 0 Å². The Hall–Kier alpha value is -2.85. The second-order valence-corrected chi connectivity index (χ2v) is 6.05. The van der Waals surface area contributed by atoms with Crippen molar-refractivity contribution < 1.29 is 22.8 Å². The van der Waals surface area contributed by atoms with Gasteiger partial charge in [-0.1, -0.05) is 11.6 Å². The van der Waals surface area contributed by atoms with Crippen molar-refractivity contribution >= 4 is 21.5 Å². The molecule has 0 unspecified atom stereocenters. The highest BCUT2D eigenvalue weighted by Gasteiger charge is 2.30. The molecule has 0 heterocycles. The van der Waals surface area contributed by atoms with Gasteiger partial charge in [0.1, 0.15) is 10.5 Å². The van der Waals surface area contributed by atoms with Crippen LogP contribution in [0.25, 0.3) is 11.1 Å². The van der Waals surface area contributed by atoms with Crippen LogP contribution in [0.3, 0.4) is 0 Å². The van der Waals surface area contributed by atoms with Crippen LogP contribution in [0.4, 0.5) is 11.4 Å². The highest BCUT2D eigenvalue weighted by molar-refractivity contribution is 7.86. The van der Waals surface area contributed by atoms with E-state index in [0.717, 1.165) is 24.3 Å². The fraction of sp³-hybridized carbons (Fsp3) is 0.0769. The Morgan fingerprint density at radius 1 is 1.00 bits per heavy atom. The van der Waals surface area contributed by atoms with E-state index in [1.54, 1.807) is 6.92 Å². The molecule has 0 fully saturated rings. The van der Waals surface area contributed by atoms with Crippen LogP contribution in [0.2, 0.25) is 0 Å². The van der Waals surface area contributed by atoms with Crippen LogP contribution in [-0.2, 0) is 10.1 Å². The van der Waals surface area contributed by atoms with E-state index >= 15 is 0 Å². The summed E-state index contributed by atoms with van der Waals surface area (Å²) in [5.74, 6) is 0. The number of nitro benzene ring substituents is 2. The molecule has 0 saturated heterocycles. The van der Waals surface area contributed by atoms with E-state index in [0.29, 0.717) is 5.56 Å². The molecule has 2 aromatic rings. The number of aryl methyl sites for hydroxylation is 1. The van der Waals surface area contributed by atoms with Gasteiger partial charge >= 0.3 is 0 Å². The number of nitrogens with zero attached hydrogens (tertiary/aromatic N) is 2. The summed E-state index contributed by atoms with van der Waals surface area (Å²) < 4.78 is 32.3. The molecule has 9 nitrogen and oxygen atoms in total. The van der Waals surface area contributed by atoms with Gasteiger partial charge < -0.3 is 0 Å². The summed E-state index contributed by atoms with van der Waals surface area (Å²) >= 11 is 0. The average Bonchev–Trinajstić information content (AvgIpc) is 2.44. The van der Waals surface area contributed by atoms with Crippen LogP contribution in [0.5, 0.6) is 0 Å². The zero-order valence-corrected chi connectivity index (χ0v) is 12.5. The van der Waals surface area contributed by atoms with Crippen molar-refractivity contribution in [2.75, 3.05) is 0 Å². The summed E-state index contributed by atoms with van der Waals surface area (Å²) in [6.45, 7) is 1.58. The van der Waals surface area contributed by atoms with Crippen LogP contribution in [0, 0.1) is 27.2 Å². The van der Waals surface area contributed by atoms with Crippen molar-refractivity contribution in [3.05, 3.63) is 62.2 Å². The van der Waals surface area contributed by atoms with Crippen molar-refractivity contribution in [2.24, 2.45) is 0 Å². The summed E-state index contributed by atoms with van der Waals surface area (Å²) in [7, 11) is -4.73. The molecule has 10 heteroatoms. The summed E-state index contributed by atoms with van der Waals surface area (Å²) in [5, 5.41) is 22.4. The van der Waals surface area contributed by atoms with Gasteiger partial charge in [-0.3, -0.25) is 24.8 Å². The molecule has 0 bridgehead atoms. The van der Waals surface area contributed by atoms with Gasteiger partial charge in [-0.2, -0.15) is 8.42 Å². The maximum Gasteiger partial charge on any atom is 0.295 e. The smallest absolute Gasteiger partial charge is 0.282 e. The van der Waals surface area contributed by atoms with Crippen molar-refractivity contribution in [2.45, 2.75) is 11.8 Å². The Labute approximate surface area is 130 Å². The molecule has 0 amide bonds. The number of hydrogen-bond acceptors (Lipinski definition) is 6. The lowest BCUT2D eigenvalue weighted by molar-refractivity contribution is -0.392. The quantitative estimate of drug-likeness (QED) is 0.513. The molecule has 0 aromatic heterocycles. The second-order valence-electron chi connectivity index (χ2n) is 4.66. The van der Waals surface area contributed by atoms with E-state index < -0.39 is 41.8 Å². The van der Waals surface area contributed by atoms with Crippen molar-refractivity contribution in [3.8, 4) is 11.1 Å². The number of benzene rings is 2. The molecule has 0 atom stereocenters. The molecule has 0 saturated carbocycles. The summed E-state index contributed by atoms with van der Waals surface area (Å²) in [4.78, 5) is 20.0. The summed E-state index contributed by atoms with van der Waals surface area (Å²) in [6, 6.07) is 6.83. The molecule has 2 aromatic carbocycles. The van der Waals surface area contributed by atoms with Gasteiger partial charge in [0.2, 0.25) is 0 Å². The third-order valence-electron chi connectivity index (χ3n) is 3.10. The highest BCUT2D eigenvalue weighted by atomic mass is 32.2. The zero-order chi connectivity index (χ0) is 17.4. The minimum atomic E-state index is -4.73. The molecule has 1 N–H and O–H groups in total. The Balaban J connectivity index is 3.00. The third-order valence-corrected chi connectivity index (χ3v) is 4.01. The monoisotopic (exact) mass is 338 g/mol. The SMILES string of the molecule is Cc1ccc(S(=O)(=O)O)c(-c2c([N+](=O)[O-])cccc2[N+](=O)[O-])c1. The normalized spacial score (nSPS) is 11.2. The van der Waals surface area contributed by atoms with Gasteiger partial charge in [0, 0.05) is 17.7 Å². The Morgan fingerprint density at radius 3 is 1.96 bits per heavy atom. The Morgan fingerprint density at radius 2 is 1.52 bits per heavy atom. The summed E-state index contributed by atoms with van der Waals surface area (Å²) in [6.07, 6.45) is 0. The van der Waals surface area contributed by atoms with Crippen molar-refractivity contribution in [3.63, 3.8) is 0 Å². The number of nitro groups is 2. The molecule has 0 radical (unpaired) electrons. The van der Waals surface area contributed by atoms with Gasteiger partial charge in [-0.15, -0.1) is 0 Å². The molecule has 0 aliphatic rings. The Kier molecular flexibility index (Phi) is 4.12. The van der Waals surface area contributed by atoms with E-state index in [2.05, 4.69) is 0 Å².